The Bertz CT molecular complexity index is 1700. The lowest BCUT2D eigenvalue weighted by Gasteiger charge is -2.16. The van der Waals surface area contributed by atoms with Crippen molar-refractivity contribution in [2.24, 2.45) is 5.73 Å². The van der Waals surface area contributed by atoms with E-state index in [0.717, 1.165) is 16.5 Å². The first-order valence-corrected chi connectivity index (χ1v) is 10.8. The standard InChI is InChI=1S/C26H19FN8O/c1-13-5-8-19-18(12-31-35-19)21(13)23-22(29)24(25(30)36)34-26(33-23)17-7-6-15(27)10-20(17)32-16-4-2-3-14(9-16)11-28/h2-10,12,32H,29H2,1H3,(H2,30,36)(H,31,35). The van der Waals surface area contributed by atoms with E-state index in [0.29, 0.717) is 33.8 Å². The van der Waals surface area contributed by atoms with Crippen molar-refractivity contribution in [1.29, 1.82) is 5.26 Å². The maximum absolute atomic E-state index is 14.3. The third-order valence-corrected chi connectivity index (χ3v) is 5.74. The van der Waals surface area contributed by atoms with Crippen molar-refractivity contribution < 1.29 is 9.18 Å². The number of hydrogen-bond donors (Lipinski definition) is 4. The van der Waals surface area contributed by atoms with Gasteiger partial charge in [0.1, 0.15) is 5.82 Å². The van der Waals surface area contributed by atoms with Crippen molar-refractivity contribution in [1.82, 2.24) is 20.2 Å². The Labute approximate surface area is 204 Å². The predicted molar refractivity (Wildman–Crippen MR) is 135 cm³/mol. The van der Waals surface area contributed by atoms with Gasteiger partial charge < -0.3 is 16.8 Å². The van der Waals surface area contributed by atoms with Crippen molar-refractivity contribution in [2.45, 2.75) is 6.92 Å². The van der Waals surface area contributed by atoms with Crippen LogP contribution < -0.4 is 16.8 Å². The highest BCUT2D eigenvalue weighted by atomic mass is 19.1. The van der Waals surface area contributed by atoms with Gasteiger partial charge >= 0.3 is 0 Å². The Kier molecular flexibility index (Phi) is 5.50. The predicted octanol–water partition coefficient (Wildman–Crippen LogP) is 4.43. The van der Waals surface area contributed by atoms with Crippen LogP contribution >= 0.6 is 0 Å². The van der Waals surface area contributed by atoms with E-state index in [1.165, 1.54) is 18.2 Å². The topological polar surface area (TPSA) is 159 Å². The fraction of sp³-hybridized carbons (Fsp3) is 0.0385. The number of carbonyl (C=O) groups is 1. The maximum atomic E-state index is 14.3. The minimum Gasteiger partial charge on any atom is -0.395 e. The molecule has 0 spiro atoms. The summed E-state index contributed by atoms with van der Waals surface area (Å²) in [5.41, 5.74) is 16.2. The van der Waals surface area contributed by atoms with Gasteiger partial charge in [0.15, 0.2) is 11.5 Å². The average Bonchev–Trinajstić information content (AvgIpc) is 3.33. The third-order valence-electron chi connectivity index (χ3n) is 5.74. The molecule has 0 atom stereocenters. The Morgan fingerprint density at radius 1 is 1.14 bits per heavy atom. The van der Waals surface area contributed by atoms with Gasteiger partial charge in [0, 0.05) is 22.2 Å². The van der Waals surface area contributed by atoms with Crippen LogP contribution in [0.3, 0.4) is 0 Å². The van der Waals surface area contributed by atoms with Gasteiger partial charge in [0.05, 0.1) is 40.4 Å². The zero-order valence-corrected chi connectivity index (χ0v) is 19.0. The number of nitrogens with two attached hydrogens (primary N) is 2. The molecule has 0 aliphatic carbocycles. The average molecular weight is 478 g/mol. The highest BCUT2D eigenvalue weighted by molar-refractivity contribution is 6.04. The van der Waals surface area contributed by atoms with Gasteiger partial charge in [-0.25, -0.2) is 14.4 Å². The number of halogens is 1. The molecule has 10 heteroatoms. The lowest BCUT2D eigenvalue weighted by molar-refractivity contribution is 0.0996. The zero-order valence-electron chi connectivity index (χ0n) is 19.0. The second-order valence-electron chi connectivity index (χ2n) is 8.12. The van der Waals surface area contributed by atoms with Crippen LogP contribution in [0.5, 0.6) is 0 Å². The van der Waals surface area contributed by atoms with Crippen molar-refractivity contribution in [2.75, 3.05) is 11.1 Å². The number of fused-ring (bicyclic) bond motifs is 1. The van der Waals surface area contributed by atoms with E-state index in [9.17, 15) is 14.4 Å². The summed E-state index contributed by atoms with van der Waals surface area (Å²) in [5, 5.41) is 20.1. The Balaban J connectivity index is 1.74. The Hall–Kier alpha value is -5.30. The minimum atomic E-state index is -0.826. The fourth-order valence-electron chi connectivity index (χ4n) is 4.05. The molecule has 1 amide bonds. The highest BCUT2D eigenvalue weighted by Crippen LogP contribution is 2.37. The molecule has 0 unspecified atom stereocenters. The summed E-state index contributed by atoms with van der Waals surface area (Å²) in [7, 11) is 0. The summed E-state index contributed by atoms with van der Waals surface area (Å²) < 4.78 is 14.3. The summed E-state index contributed by atoms with van der Waals surface area (Å²) in [6, 6.07) is 16.6. The van der Waals surface area contributed by atoms with Crippen molar-refractivity contribution in [3.8, 4) is 28.7 Å². The second kappa shape index (κ2) is 8.81. The zero-order chi connectivity index (χ0) is 25.4. The van der Waals surface area contributed by atoms with Crippen LogP contribution in [0, 0.1) is 24.1 Å². The van der Waals surface area contributed by atoms with Crippen molar-refractivity contribution >= 4 is 33.9 Å². The van der Waals surface area contributed by atoms with Crippen LogP contribution in [-0.2, 0) is 0 Å². The molecule has 2 aromatic heterocycles. The van der Waals surface area contributed by atoms with Crippen LogP contribution in [0.1, 0.15) is 21.6 Å². The lowest BCUT2D eigenvalue weighted by Crippen LogP contribution is -2.18. The fourth-order valence-corrected chi connectivity index (χ4v) is 4.05. The van der Waals surface area contributed by atoms with Crippen LogP contribution in [-0.4, -0.2) is 26.1 Å². The molecule has 36 heavy (non-hydrogen) atoms. The number of nitrogens with zero attached hydrogens (tertiary/aromatic N) is 4. The molecule has 2 heterocycles. The molecule has 0 saturated heterocycles. The number of amides is 1. The largest absolute Gasteiger partial charge is 0.395 e. The first-order chi connectivity index (χ1) is 17.4. The number of nitriles is 1. The molecular formula is C26H19FN8O. The molecule has 0 radical (unpaired) electrons. The van der Waals surface area contributed by atoms with Gasteiger partial charge in [-0.3, -0.25) is 9.89 Å². The molecule has 0 aliphatic heterocycles. The van der Waals surface area contributed by atoms with Crippen LogP contribution in [0.4, 0.5) is 21.5 Å². The van der Waals surface area contributed by atoms with Gasteiger partial charge in [0.25, 0.3) is 5.91 Å². The van der Waals surface area contributed by atoms with E-state index in [1.54, 1.807) is 30.5 Å². The third kappa shape index (κ3) is 3.95. The first-order valence-electron chi connectivity index (χ1n) is 10.8. The van der Waals surface area contributed by atoms with Crippen molar-refractivity contribution in [3.05, 3.63) is 83.4 Å². The number of H-pyrrole nitrogens is 1. The number of primary amides is 1. The molecule has 0 bridgehead atoms. The van der Waals surface area contributed by atoms with Gasteiger partial charge in [0.2, 0.25) is 0 Å². The molecular weight excluding hydrogens is 459 g/mol. The summed E-state index contributed by atoms with van der Waals surface area (Å²) >= 11 is 0. The number of nitrogens with one attached hydrogen (secondary N) is 2. The van der Waals surface area contributed by atoms with Crippen LogP contribution in [0.15, 0.2) is 60.8 Å². The number of aromatic amines is 1. The van der Waals surface area contributed by atoms with E-state index >= 15 is 0 Å². The molecule has 176 valence electrons. The van der Waals surface area contributed by atoms with Gasteiger partial charge in [-0.2, -0.15) is 10.4 Å². The van der Waals surface area contributed by atoms with E-state index in [4.69, 9.17) is 16.5 Å². The summed E-state index contributed by atoms with van der Waals surface area (Å²) in [6.45, 7) is 1.89. The number of rotatable bonds is 5. The molecule has 5 aromatic rings. The normalized spacial score (nSPS) is 10.8. The molecule has 5 rings (SSSR count). The monoisotopic (exact) mass is 478 g/mol. The number of carbonyl (C=O) groups excluding carboxylic acids is 1. The number of benzene rings is 3. The van der Waals surface area contributed by atoms with E-state index < -0.39 is 11.7 Å². The summed E-state index contributed by atoms with van der Waals surface area (Å²) in [6.07, 6.45) is 1.65. The number of aryl methyl sites for hydroxylation is 1. The van der Waals surface area contributed by atoms with Crippen LogP contribution in [0.25, 0.3) is 33.5 Å². The van der Waals surface area contributed by atoms with E-state index in [2.05, 4.69) is 26.6 Å². The molecule has 0 saturated carbocycles. The Morgan fingerprint density at radius 3 is 2.75 bits per heavy atom. The summed E-state index contributed by atoms with van der Waals surface area (Å²) in [5.74, 6) is -1.21. The molecule has 3 aromatic carbocycles. The molecule has 9 nitrogen and oxygen atoms in total. The maximum Gasteiger partial charge on any atom is 0.269 e. The highest BCUT2D eigenvalue weighted by Gasteiger charge is 2.22. The van der Waals surface area contributed by atoms with E-state index in [1.807, 2.05) is 19.1 Å². The first kappa shape index (κ1) is 22.5. The van der Waals surface area contributed by atoms with Crippen LogP contribution in [0.2, 0.25) is 0 Å². The SMILES string of the molecule is Cc1ccc2[nH]ncc2c1-c1nc(-c2ccc(F)cc2Nc2cccc(C#N)c2)nc(C(N)=O)c1N. The number of aromatic nitrogens is 4. The Morgan fingerprint density at radius 2 is 1.97 bits per heavy atom. The van der Waals surface area contributed by atoms with Crippen molar-refractivity contribution in [3.63, 3.8) is 0 Å². The lowest BCUT2D eigenvalue weighted by atomic mass is 9.99. The number of anilines is 3. The molecule has 6 N–H and O–H groups in total. The second-order valence-corrected chi connectivity index (χ2v) is 8.12. The van der Waals surface area contributed by atoms with Gasteiger partial charge in [-0.05, 0) is 55.0 Å². The molecule has 0 aliphatic rings. The molecule has 0 fully saturated rings. The quantitative estimate of drug-likeness (QED) is 0.291. The number of nitrogen functional groups attached to an aromatic ring is 1. The van der Waals surface area contributed by atoms with Gasteiger partial charge in [-0.1, -0.05) is 12.1 Å². The smallest absolute Gasteiger partial charge is 0.269 e. The van der Waals surface area contributed by atoms with Gasteiger partial charge in [-0.15, -0.1) is 0 Å². The minimum absolute atomic E-state index is 0.0291. The summed E-state index contributed by atoms with van der Waals surface area (Å²) in [4.78, 5) is 21.4. The van der Waals surface area contributed by atoms with E-state index in [-0.39, 0.29) is 17.2 Å². The number of hydrogen-bond acceptors (Lipinski definition) is 7.